The minimum Gasteiger partial charge on any atom is -0.330 e. The molecule has 0 aliphatic carbocycles. The van der Waals surface area contributed by atoms with E-state index >= 15 is 0 Å². The van der Waals surface area contributed by atoms with Crippen molar-refractivity contribution >= 4 is 0 Å². The van der Waals surface area contributed by atoms with Gasteiger partial charge in [0.05, 0.1) is 0 Å². The third kappa shape index (κ3) is 8.18. The smallest absolute Gasteiger partial charge is 0.0142 e. The molecule has 0 saturated heterocycles. The number of hydrogen-bond acceptors (Lipinski definition) is 4. The Morgan fingerprint density at radius 3 is 2.31 bits per heavy atom. The summed E-state index contributed by atoms with van der Waals surface area (Å²) in [5.74, 6) is 0. The van der Waals surface area contributed by atoms with Gasteiger partial charge in [0.1, 0.15) is 0 Å². The molecule has 0 rings (SSSR count). The molecule has 0 unspecified atom stereocenters. The van der Waals surface area contributed by atoms with Gasteiger partial charge in [0.25, 0.3) is 0 Å². The molecular weight excluding hydrogens is 164 g/mol. The van der Waals surface area contributed by atoms with Crippen LogP contribution in [0.1, 0.15) is 19.3 Å². The Hall–Kier alpha value is -0.160. The van der Waals surface area contributed by atoms with Crippen molar-refractivity contribution in [3.05, 3.63) is 0 Å². The molecule has 0 bridgehead atoms. The van der Waals surface area contributed by atoms with Crippen LogP contribution in [0, 0.1) is 0 Å². The van der Waals surface area contributed by atoms with Gasteiger partial charge in [-0.2, -0.15) is 0 Å². The minimum atomic E-state index is 0.773. The summed E-state index contributed by atoms with van der Waals surface area (Å²) in [5, 5.41) is 5.37. The molecule has 0 aromatic carbocycles. The second kappa shape index (κ2) is 9.92. The highest BCUT2D eigenvalue weighted by atomic mass is 15.5. The van der Waals surface area contributed by atoms with E-state index in [0.29, 0.717) is 0 Å². The fraction of sp³-hybridized carbons (Fsp3) is 1.00. The summed E-state index contributed by atoms with van der Waals surface area (Å²) in [4.78, 5) is 0. The number of unbranched alkanes of at least 4 members (excludes halogenated alkanes) is 1. The lowest BCUT2D eigenvalue weighted by Crippen LogP contribution is -2.37. The van der Waals surface area contributed by atoms with Crippen molar-refractivity contribution in [1.82, 2.24) is 15.8 Å². The number of hydrazine groups is 1. The zero-order valence-corrected chi connectivity index (χ0v) is 8.97. The molecule has 13 heavy (non-hydrogen) atoms. The van der Waals surface area contributed by atoms with Crippen LogP contribution in [-0.4, -0.2) is 45.3 Å². The molecule has 0 radical (unpaired) electrons. The van der Waals surface area contributed by atoms with E-state index in [9.17, 15) is 0 Å². The minimum absolute atomic E-state index is 0.773. The molecule has 0 heterocycles. The first kappa shape index (κ1) is 12.8. The molecular formula is C9H24N4. The Labute approximate surface area is 81.8 Å². The van der Waals surface area contributed by atoms with Gasteiger partial charge in [-0.25, -0.2) is 5.01 Å². The van der Waals surface area contributed by atoms with Crippen LogP contribution in [0.25, 0.3) is 0 Å². The molecule has 0 spiro atoms. The molecule has 0 aromatic heterocycles. The van der Waals surface area contributed by atoms with E-state index in [-0.39, 0.29) is 0 Å². The van der Waals surface area contributed by atoms with Crippen LogP contribution in [0.15, 0.2) is 0 Å². The Morgan fingerprint density at radius 1 is 1.08 bits per heavy atom. The van der Waals surface area contributed by atoms with Crippen molar-refractivity contribution < 1.29 is 0 Å². The largest absolute Gasteiger partial charge is 0.330 e. The number of nitrogens with two attached hydrogens (primary N) is 1. The predicted molar refractivity (Wildman–Crippen MR) is 57.5 cm³/mol. The van der Waals surface area contributed by atoms with Crippen molar-refractivity contribution in [2.24, 2.45) is 5.73 Å². The zero-order valence-electron chi connectivity index (χ0n) is 8.97. The molecule has 0 saturated carbocycles. The summed E-state index contributed by atoms with van der Waals surface area (Å²) in [6, 6.07) is 0. The normalized spacial score (nSPS) is 11.1. The average Bonchev–Trinajstić information content (AvgIpc) is 2.17. The summed E-state index contributed by atoms with van der Waals surface area (Å²) in [7, 11) is 3.96. The first-order valence-electron chi connectivity index (χ1n) is 5.12. The lowest BCUT2D eigenvalue weighted by Gasteiger charge is -2.20. The first-order chi connectivity index (χ1) is 6.35. The van der Waals surface area contributed by atoms with Gasteiger partial charge in [0.2, 0.25) is 0 Å². The molecule has 0 aliphatic rings. The molecule has 0 fully saturated rings. The van der Waals surface area contributed by atoms with Crippen LogP contribution in [-0.2, 0) is 0 Å². The van der Waals surface area contributed by atoms with Crippen molar-refractivity contribution in [3.8, 4) is 0 Å². The fourth-order valence-corrected chi connectivity index (χ4v) is 1.22. The third-order valence-corrected chi connectivity index (χ3v) is 2.05. The van der Waals surface area contributed by atoms with Crippen LogP contribution in [0.5, 0.6) is 0 Å². The maximum atomic E-state index is 5.44. The summed E-state index contributed by atoms with van der Waals surface area (Å²) < 4.78 is 0. The molecule has 80 valence electrons. The summed E-state index contributed by atoms with van der Waals surface area (Å²) >= 11 is 0. The Kier molecular flexibility index (Phi) is 9.80. The van der Waals surface area contributed by atoms with E-state index < -0.39 is 0 Å². The van der Waals surface area contributed by atoms with Crippen LogP contribution in [0.4, 0.5) is 0 Å². The topological polar surface area (TPSA) is 53.3 Å². The second-order valence-corrected chi connectivity index (χ2v) is 3.16. The lowest BCUT2D eigenvalue weighted by atomic mass is 10.3. The molecule has 4 N–H and O–H groups in total. The SMILES string of the molecule is CNCCCCN(CCCN)NC. The quantitative estimate of drug-likeness (QED) is 0.346. The molecule has 0 atom stereocenters. The number of rotatable bonds is 9. The van der Waals surface area contributed by atoms with Gasteiger partial charge in [-0.3, -0.25) is 5.43 Å². The van der Waals surface area contributed by atoms with E-state index in [0.717, 1.165) is 32.6 Å². The van der Waals surface area contributed by atoms with E-state index in [2.05, 4.69) is 15.8 Å². The van der Waals surface area contributed by atoms with Crippen molar-refractivity contribution in [3.63, 3.8) is 0 Å². The summed E-state index contributed by atoms with van der Waals surface area (Å²) in [6.45, 7) is 4.04. The van der Waals surface area contributed by atoms with Gasteiger partial charge in [0.15, 0.2) is 0 Å². The summed E-state index contributed by atoms with van der Waals surface area (Å²) in [6.07, 6.45) is 3.52. The highest BCUT2D eigenvalue weighted by Crippen LogP contribution is 1.92. The predicted octanol–water partition coefficient (Wildman–Crippen LogP) is -0.229. The average molecular weight is 188 g/mol. The van der Waals surface area contributed by atoms with Crippen LogP contribution in [0.2, 0.25) is 0 Å². The van der Waals surface area contributed by atoms with Crippen LogP contribution in [0.3, 0.4) is 0 Å². The first-order valence-corrected chi connectivity index (χ1v) is 5.12. The number of hydrogen-bond donors (Lipinski definition) is 3. The van der Waals surface area contributed by atoms with Crippen molar-refractivity contribution in [2.75, 3.05) is 40.3 Å². The second-order valence-electron chi connectivity index (χ2n) is 3.16. The fourth-order valence-electron chi connectivity index (χ4n) is 1.22. The Bertz CT molecular complexity index is 97.6. The summed E-state index contributed by atoms with van der Waals surface area (Å²) in [5.41, 5.74) is 8.61. The highest BCUT2D eigenvalue weighted by molar-refractivity contribution is 4.53. The van der Waals surface area contributed by atoms with Gasteiger partial charge in [-0.15, -0.1) is 0 Å². The monoisotopic (exact) mass is 188 g/mol. The third-order valence-electron chi connectivity index (χ3n) is 2.05. The highest BCUT2D eigenvalue weighted by Gasteiger charge is 1.99. The molecule has 0 aliphatic heterocycles. The van der Waals surface area contributed by atoms with E-state index in [4.69, 9.17) is 5.73 Å². The van der Waals surface area contributed by atoms with E-state index in [1.54, 1.807) is 0 Å². The van der Waals surface area contributed by atoms with E-state index in [1.165, 1.54) is 12.8 Å². The maximum absolute atomic E-state index is 5.44. The number of nitrogens with zero attached hydrogens (tertiary/aromatic N) is 1. The molecule has 4 heteroatoms. The lowest BCUT2D eigenvalue weighted by molar-refractivity contribution is 0.202. The van der Waals surface area contributed by atoms with Gasteiger partial charge in [-0.1, -0.05) is 0 Å². The maximum Gasteiger partial charge on any atom is 0.0142 e. The molecule has 0 aromatic rings. The Morgan fingerprint density at radius 2 is 1.77 bits per heavy atom. The van der Waals surface area contributed by atoms with Crippen molar-refractivity contribution in [2.45, 2.75) is 19.3 Å². The van der Waals surface area contributed by atoms with Gasteiger partial charge < -0.3 is 11.1 Å². The number of nitrogens with one attached hydrogen (secondary N) is 2. The van der Waals surface area contributed by atoms with Crippen molar-refractivity contribution in [1.29, 1.82) is 0 Å². The van der Waals surface area contributed by atoms with Crippen LogP contribution < -0.4 is 16.5 Å². The van der Waals surface area contributed by atoms with E-state index in [1.807, 2.05) is 14.1 Å². The molecule has 4 nitrogen and oxygen atoms in total. The Balaban J connectivity index is 3.25. The van der Waals surface area contributed by atoms with Crippen LogP contribution >= 0.6 is 0 Å². The standard InChI is InChI=1S/C9H24N4/c1-11-7-3-4-8-13(12-2)9-5-6-10/h11-12H,3-10H2,1-2H3. The van der Waals surface area contributed by atoms with Gasteiger partial charge >= 0.3 is 0 Å². The molecule has 0 amide bonds. The van der Waals surface area contributed by atoms with Gasteiger partial charge in [-0.05, 0) is 46.4 Å². The zero-order chi connectivity index (χ0) is 9.94. The van der Waals surface area contributed by atoms with Gasteiger partial charge in [0, 0.05) is 13.1 Å².